The van der Waals surface area contributed by atoms with Crippen LogP contribution in [-0.4, -0.2) is 19.4 Å². The Morgan fingerprint density at radius 3 is 2.76 bits per heavy atom. The lowest BCUT2D eigenvalue weighted by molar-refractivity contribution is 0.615. The summed E-state index contributed by atoms with van der Waals surface area (Å²) in [6.07, 6.45) is 4.17. The van der Waals surface area contributed by atoms with E-state index in [4.69, 9.17) is 4.42 Å². The minimum atomic E-state index is 0.229. The standard InChI is InChI=1S/C21H21N3O/c1-13-10-11-15-16-7-6-12-22-21(16)25-20(15)19(13)24-14(2)23(3)17-8-4-5-9-18(17)24/h4-5,8-12,14H,6-7H2,1-3H3/t14-/m0/s1. The van der Waals surface area contributed by atoms with Crippen LogP contribution in [0.2, 0.25) is 0 Å². The molecule has 1 aromatic heterocycles. The van der Waals surface area contributed by atoms with Gasteiger partial charge in [0.15, 0.2) is 5.58 Å². The van der Waals surface area contributed by atoms with E-state index in [2.05, 4.69) is 72.1 Å². The van der Waals surface area contributed by atoms with E-state index in [0.29, 0.717) is 0 Å². The summed E-state index contributed by atoms with van der Waals surface area (Å²) in [5, 5.41) is 1.20. The Morgan fingerprint density at radius 1 is 1.12 bits per heavy atom. The largest absolute Gasteiger partial charge is 0.436 e. The Labute approximate surface area is 147 Å². The number of para-hydroxylation sites is 2. The van der Waals surface area contributed by atoms with E-state index in [1.54, 1.807) is 0 Å². The molecule has 0 unspecified atom stereocenters. The first-order valence-corrected chi connectivity index (χ1v) is 8.85. The van der Waals surface area contributed by atoms with Crippen LogP contribution in [-0.2, 0) is 6.42 Å². The third-order valence-electron chi connectivity index (χ3n) is 5.54. The molecular formula is C21H21N3O. The predicted octanol–water partition coefficient (Wildman–Crippen LogP) is 5.32. The molecule has 2 aliphatic heterocycles. The Bertz CT molecular complexity index is 1020. The Hall–Kier alpha value is -2.75. The highest BCUT2D eigenvalue weighted by Crippen LogP contribution is 2.48. The van der Waals surface area contributed by atoms with Gasteiger partial charge in [0.1, 0.15) is 6.17 Å². The van der Waals surface area contributed by atoms with E-state index < -0.39 is 0 Å². The average Bonchev–Trinajstić information content (AvgIpc) is 3.12. The summed E-state index contributed by atoms with van der Waals surface area (Å²) in [4.78, 5) is 9.19. The molecule has 1 atom stereocenters. The van der Waals surface area contributed by atoms with Crippen molar-refractivity contribution in [2.75, 3.05) is 16.8 Å². The van der Waals surface area contributed by atoms with Gasteiger partial charge in [0.25, 0.3) is 0 Å². The maximum atomic E-state index is 6.26. The zero-order chi connectivity index (χ0) is 17.1. The van der Waals surface area contributed by atoms with E-state index in [1.807, 2.05) is 6.21 Å². The predicted molar refractivity (Wildman–Crippen MR) is 104 cm³/mol. The van der Waals surface area contributed by atoms with Crippen molar-refractivity contribution in [3.05, 3.63) is 47.5 Å². The second kappa shape index (κ2) is 5.12. The Balaban J connectivity index is 1.80. The average molecular weight is 331 g/mol. The molecule has 4 nitrogen and oxygen atoms in total. The van der Waals surface area contributed by atoms with Crippen molar-refractivity contribution in [3.8, 4) is 0 Å². The molecule has 2 aliphatic rings. The number of furan rings is 1. The zero-order valence-corrected chi connectivity index (χ0v) is 14.8. The molecule has 126 valence electrons. The van der Waals surface area contributed by atoms with Gasteiger partial charge in [0.05, 0.1) is 17.1 Å². The van der Waals surface area contributed by atoms with Crippen LogP contribution in [0.15, 0.2) is 45.8 Å². The number of rotatable bonds is 1. The van der Waals surface area contributed by atoms with Crippen LogP contribution in [0.25, 0.3) is 11.0 Å². The fourth-order valence-corrected chi connectivity index (χ4v) is 4.13. The van der Waals surface area contributed by atoms with E-state index >= 15 is 0 Å². The molecular weight excluding hydrogens is 310 g/mol. The van der Waals surface area contributed by atoms with Crippen LogP contribution in [0, 0.1) is 6.92 Å². The van der Waals surface area contributed by atoms with Gasteiger partial charge in [-0.25, -0.2) is 4.99 Å². The highest BCUT2D eigenvalue weighted by atomic mass is 16.3. The van der Waals surface area contributed by atoms with Crippen LogP contribution in [0.5, 0.6) is 0 Å². The summed E-state index contributed by atoms with van der Waals surface area (Å²) in [6.45, 7) is 4.40. The molecule has 3 heterocycles. The summed E-state index contributed by atoms with van der Waals surface area (Å²) >= 11 is 0. The van der Waals surface area contributed by atoms with Gasteiger partial charge in [-0.3, -0.25) is 0 Å². The number of aryl methyl sites for hydroxylation is 2. The quantitative estimate of drug-likeness (QED) is 0.604. The van der Waals surface area contributed by atoms with Crippen LogP contribution in [0.3, 0.4) is 0 Å². The van der Waals surface area contributed by atoms with Gasteiger partial charge in [0.2, 0.25) is 5.88 Å². The van der Waals surface area contributed by atoms with Crippen LogP contribution in [0.4, 0.5) is 22.9 Å². The molecule has 3 aromatic rings. The van der Waals surface area contributed by atoms with Crippen LogP contribution >= 0.6 is 0 Å². The first-order valence-electron chi connectivity index (χ1n) is 8.85. The van der Waals surface area contributed by atoms with Crippen molar-refractivity contribution in [3.63, 3.8) is 0 Å². The van der Waals surface area contributed by atoms with Crippen molar-refractivity contribution in [2.45, 2.75) is 32.9 Å². The van der Waals surface area contributed by atoms with E-state index in [1.165, 1.54) is 27.9 Å². The highest BCUT2D eigenvalue weighted by Gasteiger charge is 2.34. The zero-order valence-electron chi connectivity index (χ0n) is 14.8. The second-order valence-electron chi connectivity index (χ2n) is 6.95. The van der Waals surface area contributed by atoms with Crippen molar-refractivity contribution >= 4 is 40.1 Å². The number of aliphatic imine (C=N–C) groups is 1. The van der Waals surface area contributed by atoms with E-state index in [0.717, 1.165) is 30.0 Å². The lowest BCUT2D eigenvalue weighted by atomic mass is 10.0. The molecule has 0 bridgehead atoms. The van der Waals surface area contributed by atoms with Gasteiger partial charge in [-0.2, -0.15) is 0 Å². The van der Waals surface area contributed by atoms with Crippen molar-refractivity contribution in [1.82, 2.24) is 0 Å². The van der Waals surface area contributed by atoms with Crippen molar-refractivity contribution < 1.29 is 4.42 Å². The highest BCUT2D eigenvalue weighted by molar-refractivity contribution is 6.00. The number of benzene rings is 2. The molecule has 2 aromatic carbocycles. The molecule has 4 heteroatoms. The molecule has 0 saturated heterocycles. The Morgan fingerprint density at radius 2 is 1.92 bits per heavy atom. The smallest absolute Gasteiger partial charge is 0.222 e. The fourth-order valence-electron chi connectivity index (χ4n) is 4.13. The monoisotopic (exact) mass is 331 g/mol. The summed E-state index contributed by atoms with van der Waals surface area (Å²) in [5.74, 6) is 0.779. The summed E-state index contributed by atoms with van der Waals surface area (Å²) < 4.78 is 6.26. The number of hydrogen-bond acceptors (Lipinski definition) is 4. The van der Waals surface area contributed by atoms with E-state index in [-0.39, 0.29) is 6.17 Å². The van der Waals surface area contributed by atoms with Gasteiger partial charge in [0, 0.05) is 24.2 Å². The first-order chi connectivity index (χ1) is 12.2. The summed E-state index contributed by atoms with van der Waals surface area (Å²) in [6, 6.07) is 13.0. The minimum Gasteiger partial charge on any atom is -0.436 e. The normalized spacial score (nSPS) is 18.8. The van der Waals surface area contributed by atoms with Gasteiger partial charge >= 0.3 is 0 Å². The van der Waals surface area contributed by atoms with Crippen LogP contribution in [0.1, 0.15) is 24.5 Å². The third kappa shape index (κ3) is 1.91. The maximum Gasteiger partial charge on any atom is 0.222 e. The van der Waals surface area contributed by atoms with Crippen molar-refractivity contribution in [1.29, 1.82) is 0 Å². The van der Waals surface area contributed by atoms with Gasteiger partial charge in [-0.05, 0) is 44.4 Å². The molecule has 0 spiro atoms. The van der Waals surface area contributed by atoms with Crippen LogP contribution < -0.4 is 9.80 Å². The molecule has 0 fully saturated rings. The minimum absolute atomic E-state index is 0.229. The molecule has 0 N–H and O–H groups in total. The van der Waals surface area contributed by atoms with Gasteiger partial charge < -0.3 is 14.2 Å². The van der Waals surface area contributed by atoms with E-state index in [9.17, 15) is 0 Å². The molecule has 0 radical (unpaired) electrons. The molecule has 0 saturated carbocycles. The molecule has 5 rings (SSSR count). The van der Waals surface area contributed by atoms with Gasteiger partial charge in [-0.1, -0.05) is 24.3 Å². The number of hydrogen-bond donors (Lipinski definition) is 0. The summed E-state index contributed by atoms with van der Waals surface area (Å²) in [7, 11) is 2.15. The lowest BCUT2D eigenvalue weighted by Crippen LogP contribution is -2.36. The Kier molecular flexibility index (Phi) is 2.99. The topological polar surface area (TPSA) is 32.0 Å². The molecule has 25 heavy (non-hydrogen) atoms. The SMILES string of the molecule is Cc1ccc2c3c(oc2c1N1c2ccccc2N(C)[C@@H]1C)N=CCC3. The van der Waals surface area contributed by atoms with Gasteiger partial charge in [-0.15, -0.1) is 0 Å². The molecule has 0 aliphatic carbocycles. The fraction of sp³-hybridized carbons (Fsp3) is 0.286. The molecule has 0 amide bonds. The summed E-state index contributed by atoms with van der Waals surface area (Å²) in [5.41, 5.74) is 7.06. The maximum absolute atomic E-state index is 6.26. The second-order valence-corrected chi connectivity index (χ2v) is 6.95. The first kappa shape index (κ1) is 14.6. The number of anilines is 3. The lowest BCUT2D eigenvalue weighted by Gasteiger charge is -2.29. The number of fused-ring (bicyclic) bond motifs is 4. The third-order valence-corrected chi connectivity index (χ3v) is 5.54. The number of nitrogens with zero attached hydrogens (tertiary/aromatic N) is 3. The van der Waals surface area contributed by atoms with Crippen molar-refractivity contribution in [2.24, 2.45) is 4.99 Å².